The lowest BCUT2D eigenvalue weighted by Crippen LogP contribution is -2.51. The summed E-state index contributed by atoms with van der Waals surface area (Å²) in [4.78, 5) is 42.2. The second-order valence-electron chi connectivity index (χ2n) is 8.48. The van der Waals surface area contributed by atoms with Crippen LogP contribution in [-0.2, 0) is 6.54 Å². The van der Waals surface area contributed by atoms with Crippen molar-refractivity contribution in [3.8, 4) is 0 Å². The van der Waals surface area contributed by atoms with Crippen LogP contribution in [0.5, 0.6) is 0 Å². The first-order valence-electron chi connectivity index (χ1n) is 10.8. The summed E-state index contributed by atoms with van der Waals surface area (Å²) in [5, 5.41) is 5.45. The Hall–Kier alpha value is -3.26. The zero-order valence-corrected chi connectivity index (χ0v) is 19.2. The number of amides is 2. The molecule has 1 saturated heterocycles. The van der Waals surface area contributed by atoms with Crippen molar-refractivity contribution in [2.45, 2.75) is 20.4 Å². The molecule has 7 nitrogen and oxygen atoms in total. The molecule has 0 radical (unpaired) electrons. The molecule has 0 saturated carbocycles. The van der Waals surface area contributed by atoms with Gasteiger partial charge in [0.1, 0.15) is 5.82 Å². The number of nitrogens with zero attached hydrogens (tertiary/aromatic N) is 4. The summed E-state index contributed by atoms with van der Waals surface area (Å²) in [6, 6.07) is 10.6. The number of aromatic nitrogens is 2. The number of hydrogen-bond acceptors (Lipinski definition) is 4. The highest BCUT2D eigenvalue weighted by Crippen LogP contribution is 2.21. The Labute approximate surface area is 195 Å². The van der Waals surface area contributed by atoms with Crippen LogP contribution in [0.2, 0.25) is 5.02 Å². The number of fused-ring (bicyclic) bond motifs is 1. The molecule has 3 aromatic rings. The summed E-state index contributed by atoms with van der Waals surface area (Å²) in [5.74, 6) is -0.908. The van der Waals surface area contributed by atoms with Crippen molar-refractivity contribution in [1.82, 2.24) is 19.6 Å². The monoisotopic (exact) mass is 470 g/mol. The van der Waals surface area contributed by atoms with Crippen molar-refractivity contribution in [3.05, 3.63) is 74.9 Å². The van der Waals surface area contributed by atoms with Gasteiger partial charge >= 0.3 is 0 Å². The van der Waals surface area contributed by atoms with Crippen LogP contribution in [0.3, 0.4) is 0 Å². The molecule has 172 valence electrons. The number of carbonyl (C=O) groups excluding carboxylic acids is 2. The minimum atomic E-state index is -0.509. The van der Waals surface area contributed by atoms with Crippen LogP contribution in [0.25, 0.3) is 10.8 Å². The third kappa shape index (κ3) is 4.61. The van der Waals surface area contributed by atoms with Gasteiger partial charge in [-0.2, -0.15) is 5.10 Å². The molecule has 4 rings (SSSR count). The molecule has 1 aromatic heterocycles. The highest BCUT2D eigenvalue weighted by Gasteiger charge is 2.28. The Balaban J connectivity index is 1.56. The topological polar surface area (TPSA) is 75.5 Å². The Bertz CT molecular complexity index is 1280. The molecule has 9 heteroatoms. The van der Waals surface area contributed by atoms with Gasteiger partial charge in [-0.05, 0) is 30.2 Å². The van der Waals surface area contributed by atoms with Crippen LogP contribution in [0, 0.1) is 11.7 Å². The third-order valence-electron chi connectivity index (χ3n) is 5.62. The smallest absolute Gasteiger partial charge is 0.275 e. The number of rotatable bonds is 4. The van der Waals surface area contributed by atoms with Crippen molar-refractivity contribution in [2.24, 2.45) is 5.92 Å². The van der Waals surface area contributed by atoms with E-state index < -0.39 is 5.82 Å². The summed E-state index contributed by atoms with van der Waals surface area (Å²) < 4.78 is 14.7. The van der Waals surface area contributed by atoms with Crippen LogP contribution < -0.4 is 5.56 Å². The van der Waals surface area contributed by atoms with E-state index >= 15 is 0 Å². The van der Waals surface area contributed by atoms with Gasteiger partial charge in [0.2, 0.25) is 0 Å². The summed E-state index contributed by atoms with van der Waals surface area (Å²) in [7, 11) is 0. The summed E-state index contributed by atoms with van der Waals surface area (Å²) in [5.41, 5.74) is 0.237. The minimum absolute atomic E-state index is 0.0570. The van der Waals surface area contributed by atoms with Crippen molar-refractivity contribution in [3.63, 3.8) is 0 Å². The molecule has 2 aromatic carbocycles. The quantitative estimate of drug-likeness (QED) is 0.585. The second kappa shape index (κ2) is 9.31. The lowest BCUT2D eigenvalue weighted by atomic mass is 10.1. The molecular formula is C24H24ClFN4O3. The first-order chi connectivity index (χ1) is 15.8. The van der Waals surface area contributed by atoms with Gasteiger partial charge in [0.25, 0.3) is 17.4 Å². The van der Waals surface area contributed by atoms with E-state index in [0.29, 0.717) is 43.5 Å². The van der Waals surface area contributed by atoms with Gasteiger partial charge < -0.3 is 9.80 Å². The van der Waals surface area contributed by atoms with E-state index in [0.717, 1.165) is 6.07 Å². The zero-order valence-electron chi connectivity index (χ0n) is 18.4. The molecule has 1 aliphatic rings. The van der Waals surface area contributed by atoms with E-state index in [1.807, 2.05) is 13.8 Å². The summed E-state index contributed by atoms with van der Waals surface area (Å²) >= 11 is 6.03. The fourth-order valence-electron chi connectivity index (χ4n) is 3.96. The standard InChI is InChI=1S/C24H24ClFN4O3/c1-15(2)14-30-23(32)18-6-4-3-5-17(18)21(27-30)24(33)29-11-9-28(10-12-29)22(31)19-8-7-16(26)13-20(19)25/h3-8,13,15H,9-12,14H2,1-2H3. The normalized spacial score (nSPS) is 14.2. The fraction of sp³-hybridized carbons (Fsp3) is 0.333. The predicted molar refractivity (Wildman–Crippen MR) is 124 cm³/mol. The van der Waals surface area contributed by atoms with Gasteiger partial charge in [-0.1, -0.05) is 43.6 Å². The molecule has 2 heterocycles. The molecule has 0 spiro atoms. The second-order valence-corrected chi connectivity index (χ2v) is 8.89. The average molecular weight is 471 g/mol. The van der Waals surface area contributed by atoms with E-state index in [2.05, 4.69) is 5.10 Å². The van der Waals surface area contributed by atoms with Crippen molar-refractivity contribution >= 4 is 34.2 Å². The molecule has 0 N–H and O–H groups in total. The lowest BCUT2D eigenvalue weighted by molar-refractivity contribution is 0.0532. The van der Waals surface area contributed by atoms with Gasteiger partial charge in [-0.15, -0.1) is 0 Å². The highest BCUT2D eigenvalue weighted by atomic mass is 35.5. The maximum absolute atomic E-state index is 13.4. The summed E-state index contributed by atoms with van der Waals surface area (Å²) in [6.07, 6.45) is 0. The van der Waals surface area contributed by atoms with Crippen molar-refractivity contribution in [1.29, 1.82) is 0 Å². The van der Waals surface area contributed by atoms with Gasteiger partial charge in [0, 0.05) is 38.1 Å². The van der Waals surface area contributed by atoms with Gasteiger partial charge in [0.15, 0.2) is 5.69 Å². The summed E-state index contributed by atoms with van der Waals surface area (Å²) in [6.45, 7) is 5.60. The molecule has 2 amide bonds. The van der Waals surface area contributed by atoms with Gasteiger partial charge in [-0.3, -0.25) is 14.4 Å². The van der Waals surface area contributed by atoms with Gasteiger partial charge in [0.05, 0.1) is 16.0 Å². The van der Waals surface area contributed by atoms with Crippen LogP contribution in [0.15, 0.2) is 47.3 Å². The van der Waals surface area contributed by atoms with E-state index in [9.17, 15) is 18.8 Å². The van der Waals surface area contributed by atoms with E-state index in [1.165, 1.54) is 16.8 Å². The SMILES string of the molecule is CC(C)Cn1nc(C(=O)N2CCN(C(=O)c3ccc(F)cc3Cl)CC2)c2ccccc2c1=O. The van der Waals surface area contributed by atoms with Crippen LogP contribution >= 0.6 is 11.6 Å². The van der Waals surface area contributed by atoms with E-state index in [1.54, 1.807) is 34.1 Å². The van der Waals surface area contributed by atoms with Crippen molar-refractivity contribution < 1.29 is 14.0 Å². The number of halogens is 2. The molecule has 1 fully saturated rings. The Morgan fingerprint density at radius 1 is 1.00 bits per heavy atom. The first kappa shape index (κ1) is 22.9. The lowest BCUT2D eigenvalue weighted by Gasteiger charge is -2.35. The Morgan fingerprint density at radius 3 is 2.21 bits per heavy atom. The van der Waals surface area contributed by atoms with E-state index in [4.69, 9.17) is 11.6 Å². The molecule has 0 bridgehead atoms. The molecule has 0 unspecified atom stereocenters. The maximum Gasteiger partial charge on any atom is 0.275 e. The molecular weight excluding hydrogens is 447 g/mol. The molecule has 0 atom stereocenters. The Morgan fingerprint density at radius 2 is 1.61 bits per heavy atom. The largest absolute Gasteiger partial charge is 0.335 e. The zero-order chi connectivity index (χ0) is 23.7. The molecule has 33 heavy (non-hydrogen) atoms. The maximum atomic E-state index is 13.4. The van der Waals surface area contributed by atoms with E-state index in [-0.39, 0.29) is 39.6 Å². The average Bonchev–Trinajstić information content (AvgIpc) is 2.80. The van der Waals surface area contributed by atoms with Crippen LogP contribution in [0.4, 0.5) is 4.39 Å². The van der Waals surface area contributed by atoms with Crippen LogP contribution in [0.1, 0.15) is 34.7 Å². The van der Waals surface area contributed by atoms with Gasteiger partial charge in [-0.25, -0.2) is 9.07 Å². The predicted octanol–water partition coefficient (Wildman–Crippen LogP) is 3.44. The first-order valence-corrected chi connectivity index (χ1v) is 11.2. The van der Waals surface area contributed by atoms with Crippen LogP contribution in [-0.4, -0.2) is 57.6 Å². The molecule has 0 aliphatic carbocycles. The fourth-order valence-corrected chi connectivity index (χ4v) is 4.21. The number of carbonyl (C=O) groups is 2. The van der Waals surface area contributed by atoms with Crippen molar-refractivity contribution in [2.75, 3.05) is 26.2 Å². The number of hydrogen-bond donors (Lipinski definition) is 0. The number of benzene rings is 2. The molecule has 1 aliphatic heterocycles. The third-order valence-corrected chi connectivity index (χ3v) is 5.94. The Kier molecular flexibility index (Phi) is 6.47. The minimum Gasteiger partial charge on any atom is -0.335 e. The number of piperazine rings is 1. The highest BCUT2D eigenvalue weighted by molar-refractivity contribution is 6.33.